The molecular formula is C11H18N3O5+. The number of guanidine groups is 1. The Hall–Kier alpha value is -1.38. The second-order valence-electron chi connectivity index (χ2n) is 5.63. The van der Waals surface area contributed by atoms with Crippen molar-refractivity contribution >= 4 is 11.9 Å². The molecule has 7 N–H and O–H groups in total. The Labute approximate surface area is 109 Å². The maximum atomic E-state index is 11.8. The number of carbonyl (C=O) groups is 1. The minimum absolute atomic E-state index is 0.0184. The van der Waals surface area contributed by atoms with Crippen LogP contribution in [0.15, 0.2) is 0 Å². The molecule has 1 saturated carbocycles. The molecule has 1 saturated heterocycles. The lowest BCUT2D eigenvalue weighted by Gasteiger charge is -2.56. The average molecular weight is 272 g/mol. The van der Waals surface area contributed by atoms with E-state index in [-0.39, 0.29) is 11.9 Å². The van der Waals surface area contributed by atoms with Crippen molar-refractivity contribution in [3.63, 3.8) is 0 Å². The molecule has 7 atom stereocenters. The molecule has 1 aliphatic carbocycles. The van der Waals surface area contributed by atoms with Crippen LogP contribution in [-0.2, 0) is 9.53 Å². The highest BCUT2D eigenvalue weighted by molar-refractivity contribution is 5.81. The van der Waals surface area contributed by atoms with E-state index in [0.717, 1.165) is 0 Å². The highest BCUT2D eigenvalue weighted by Crippen LogP contribution is 2.45. The van der Waals surface area contributed by atoms with Gasteiger partial charge in [-0.25, -0.2) is 4.79 Å². The van der Waals surface area contributed by atoms with Crippen LogP contribution in [0, 0.1) is 11.8 Å². The molecule has 6 unspecified atom stereocenters. The summed E-state index contributed by atoms with van der Waals surface area (Å²) in [5.74, 6) is -1.46. The van der Waals surface area contributed by atoms with Crippen molar-refractivity contribution in [1.82, 2.24) is 5.32 Å². The first-order chi connectivity index (χ1) is 8.87. The van der Waals surface area contributed by atoms with Crippen LogP contribution < -0.4 is 16.0 Å². The van der Waals surface area contributed by atoms with Crippen LogP contribution >= 0.6 is 0 Å². The van der Waals surface area contributed by atoms with Crippen molar-refractivity contribution in [2.24, 2.45) is 17.6 Å². The summed E-state index contributed by atoms with van der Waals surface area (Å²) in [5, 5.41) is 33.5. The summed E-state index contributed by atoms with van der Waals surface area (Å²) in [7, 11) is 0. The van der Waals surface area contributed by atoms with Crippen LogP contribution in [0.25, 0.3) is 0 Å². The van der Waals surface area contributed by atoms with E-state index in [1.165, 1.54) is 0 Å². The smallest absolute Gasteiger partial charge is 0.343 e. The third-order valence-corrected chi connectivity index (χ3v) is 4.56. The summed E-state index contributed by atoms with van der Waals surface area (Å²) < 4.78 is 5.08. The van der Waals surface area contributed by atoms with E-state index >= 15 is 0 Å². The molecule has 2 bridgehead atoms. The second kappa shape index (κ2) is 3.81. The van der Waals surface area contributed by atoms with E-state index in [1.807, 2.05) is 6.92 Å². The predicted octanol–water partition coefficient (Wildman–Crippen LogP) is -4.65. The molecule has 19 heavy (non-hydrogen) atoms. The maximum Gasteiger partial charge on any atom is 0.343 e. The fraction of sp³-hybridized carbons (Fsp3) is 0.818. The van der Waals surface area contributed by atoms with Gasteiger partial charge in [-0.05, 0) is 12.3 Å². The lowest BCUT2D eigenvalue weighted by atomic mass is 9.61. The number of nitrogens with one attached hydrogen (secondary N) is 2. The van der Waals surface area contributed by atoms with E-state index in [2.05, 4.69) is 10.3 Å². The quantitative estimate of drug-likeness (QED) is 0.244. The molecule has 3 rings (SSSR count). The van der Waals surface area contributed by atoms with Gasteiger partial charge >= 0.3 is 11.9 Å². The third kappa shape index (κ3) is 1.44. The number of nitrogens with two attached hydrogens (primary N) is 1. The largest absolute Gasteiger partial charge is 0.457 e. The second-order valence-corrected chi connectivity index (χ2v) is 5.63. The first-order valence-electron chi connectivity index (χ1n) is 6.29. The van der Waals surface area contributed by atoms with Crippen molar-refractivity contribution in [3.8, 4) is 0 Å². The number of rotatable bonds is 0. The topological polar surface area (TPSA) is 139 Å². The monoisotopic (exact) mass is 272 g/mol. The zero-order valence-electron chi connectivity index (χ0n) is 10.4. The van der Waals surface area contributed by atoms with Crippen LogP contribution in [0.5, 0.6) is 0 Å². The lowest BCUT2D eigenvalue weighted by molar-refractivity contribution is -0.584. The Morgan fingerprint density at radius 3 is 2.84 bits per heavy atom. The number of ether oxygens (including phenoxy) is 1. The van der Waals surface area contributed by atoms with Gasteiger partial charge in [0.25, 0.3) is 0 Å². The van der Waals surface area contributed by atoms with Gasteiger partial charge in [0.05, 0.1) is 5.92 Å². The zero-order valence-corrected chi connectivity index (χ0v) is 10.4. The van der Waals surface area contributed by atoms with Gasteiger partial charge in [-0.3, -0.25) is 16.0 Å². The van der Waals surface area contributed by atoms with Crippen LogP contribution in [0.4, 0.5) is 0 Å². The minimum Gasteiger partial charge on any atom is -0.457 e. The molecule has 0 radical (unpaired) electrons. The summed E-state index contributed by atoms with van der Waals surface area (Å²) in [6.07, 6.45) is -3.98. The highest BCUT2D eigenvalue weighted by Gasteiger charge is 2.69. The molecule has 8 nitrogen and oxygen atoms in total. The van der Waals surface area contributed by atoms with Crippen molar-refractivity contribution in [2.45, 2.75) is 43.4 Å². The number of aliphatic hydroxyl groups excluding tert-OH is 3. The number of fused-ring (bicyclic) bond motifs is 1. The summed E-state index contributed by atoms with van der Waals surface area (Å²) in [4.78, 5) is 14.4. The van der Waals surface area contributed by atoms with Crippen LogP contribution in [-0.4, -0.2) is 57.3 Å². The molecule has 1 spiro atoms. The van der Waals surface area contributed by atoms with Crippen molar-refractivity contribution in [2.75, 3.05) is 0 Å². The lowest BCUT2D eigenvalue weighted by Crippen LogP contribution is -2.97. The Morgan fingerprint density at radius 2 is 2.16 bits per heavy atom. The van der Waals surface area contributed by atoms with Gasteiger partial charge in [-0.15, -0.1) is 0 Å². The van der Waals surface area contributed by atoms with Crippen molar-refractivity contribution in [1.29, 1.82) is 0 Å². The van der Waals surface area contributed by atoms with E-state index in [1.54, 1.807) is 0 Å². The molecule has 0 aromatic rings. The molecule has 8 heteroatoms. The summed E-state index contributed by atoms with van der Waals surface area (Å²) >= 11 is 0. The van der Waals surface area contributed by atoms with Gasteiger partial charge in [-0.1, -0.05) is 6.92 Å². The van der Waals surface area contributed by atoms with E-state index in [0.29, 0.717) is 6.42 Å². The molecule has 2 fully saturated rings. The van der Waals surface area contributed by atoms with Gasteiger partial charge in [-0.2, -0.15) is 0 Å². The first kappa shape index (κ1) is 12.6. The summed E-state index contributed by atoms with van der Waals surface area (Å²) in [6, 6.07) is 0. The molecule has 106 valence electrons. The Balaban J connectivity index is 2.13. The fourth-order valence-electron chi connectivity index (χ4n) is 3.63. The van der Waals surface area contributed by atoms with E-state index < -0.39 is 42.0 Å². The SMILES string of the molecule is CC1CC2C(O)[NH+]=C(N)NC23C(O)C1OC(=O)[C@H]3O. The van der Waals surface area contributed by atoms with Crippen LogP contribution in [0.1, 0.15) is 13.3 Å². The number of esters is 1. The predicted molar refractivity (Wildman–Crippen MR) is 61.2 cm³/mol. The zero-order chi connectivity index (χ0) is 13.9. The standard InChI is InChI=1S/C11H17N3O5/c1-3-2-4-8(17)13-10(12)14-11(4)6(15)5(3)19-9(18)7(11)16/h3-8,15-17H,2H2,1H3,(H3,12,13,14)/p+1/t3?,4?,5?,6?,7-,8?,11?/m1/s1. The van der Waals surface area contributed by atoms with Crippen molar-refractivity contribution < 1.29 is 29.8 Å². The van der Waals surface area contributed by atoms with Gasteiger partial charge in [0.2, 0.25) is 0 Å². The fourth-order valence-corrected chi connectivity index (χ4v) is 3.63. The summed E-state index contributed by atoms with van der Waals surface area (Å²) in [6.45, 7) is 1.83. The third-order valence-electron chi connectivity index (χ3n) is 4.56. The number of carbonyl (C=O) groups excluding carboxylic acids is 1. The number of aliphatic hydroxyl groups is 3. The molecule has 3 aliphatic rings. The van der Waals surface area contributed by atoms with Gasteiger partial charge in [0.1, 0.15) is 12.2 Å². The van der Waals surface area contributed by atoms with Gasteiger partial charge in [0, 0.05) is 0 Å². The number of hydrogen-bond acceptors (Lipinski definition) is 7. The Morgan fingerprint density at radius 1 is 1.47 bits per heavy atom. The molecule has 2 aliphatic heterocycles. The highest BCUT2D eigenvalue weighted by atomic mass is 16.6. The number of hydrogen-bond donors (Lipinski definition) is 6. The molecule has 0 amide bonds. The Bertz CT molecular complexity index is 456. The van der Waals surface area contributed by atoms with Crippen molar-refractivity contribution in [3.05, 3.63) is 0 Å². The molecular weight excluding hydrogens is 254 g/mol. The van der Waals surface area contributed by atoms with Gasteiger partial charge in [0.15, 0.2) is 17.9 Å². The van der Waals surface area contributed by atoms with Gasteiger partial charge < -0.3 is 20.1 Å². The summed E-state index contributed by atoms with van der Waals surface area (Å²) in [5.41, 5.74) is 4.23. The maximum absolute atomic E-state index is 11.8. The Kier molecular flexibility index (Phi) is 2.54. The first-order valence-corrected chi connectivity index (χ1v) is 6.29. The average Bonchev–Trinajstić information content (AvgIpc) is 2.33. The van der Waals surface area contributed by atoms with Crippen LogP contribution in [0.3, 0.4) is 0 Å². The van der Waals surface area contributed by atoms with E-state index in [4.69, 9.17) is 10.5 Å². The molecule has 0 aromatic carbocycles. The van der Waals surface area contributed by atoms with Crippen LogP contribution in [0.2, 0.25) is 0 Å². The van der Waals surface area contributed by atoms with E-state index in [9.17, 15) is 20.1 Å². The molecule has 2 heterocycles. The normalized spacial score (nSPS) is 52.6. The minimum atomic E-state index is -1.58. The molecule has 0 aromatic heterocycles.